The molecule has 1 N–H and O–H groups in total. The Balaban J connectivity index is 1.69. The molecule has 6 nitrogen and oxygen atoms in total. The molecule has 1 saturated heterocycles. The summed E-state index contributed by atoms with van der Waals surface area (Å²) in [6.07, 6.45) is 0.883. The van der Waals surface area contributed by atoms with Crippen molar-refractivity contribution in [2.45, 2.75) is 19.4 Å². The molecule has 0 spiro atoms. The molecule has 0 saturated carbocycles. The summed E-state index contributed by atoms with van der Waals surface area (Å²) in [7, 11) is 1.55. The maximum Gasteiger partial charge on any atom is 0.301 e. The summed E-state index contributed by atoms with van der Waals surface area (Å²) in [5.74, 6) is -1.09. The van der Waals surface area contributed by atoms with Gasteiger partial charge in [-0.3, -0.25) is 14.5 Å². The number of thiazole rings is 1. The number of aliphatic hydroxyl groups excluding tert-OH is 1. The predicted octanol–water partition coefficient (Wildman–Crippen LogP) is 6.26. The third kappa shape index (κ3) is 4.13. The normalized spacial score (nSPS) is 17.3. The highest BCUT2D eigenvalue weighted by atomic mass is 79.9. The van der Waals surface area contributed by atoms with Crippen molar-refractivity contribution in [2.75, 3.05) is 12.0 Å². The maximum absolute atomic E-state index is 13.4. The van der Waals surface area contributed by atoms with Crippen LogP contribution in [0.25, 0.3) is 16.0 Å². The second-order valence-corrected chi connectivity index (χ2v) is 10.0. The zero-order valence-electron chi connectivity index (χ0n) is 19.0. The Bertz CT molecular complexity index is 1480. The number of carbonyl (C=O) groups is 2. The van der Waals surface area contributed by atoms with Crippen molar-refractivity contribution in [1.82, 2.24) is 4.98 Å². The highest BCUT2D eigenvalue weighted by Crippen LogP contribution is 2.44. The number of benzene rings is 3. The van der Waals surface area contributed by atoms with Crippen molar-refractivity contribution in [2.24, 2.45) is 0 Å². The number of rotatable bonds is 5. The number of ketones is 1. The third-order valence-electron chi connectivity index (χ3n) is 6.05. The summed E-state index contributed by atoms with van der Waals surface area (Å²) in [5, 5.41) is 11.7. The number of ether oxygens (including phenoxy) is 1. The molecule has 1 fully saturated rings. The van der Waals surface area contributed by atoms with Crippen LogP contribution in [-0.2, 0) is 16.0 Å². The van der Waals surface area contributed by atoms with Crippen LogP contribution >= 0.6 is 27.3 Å². The van der Waals surface area contributed by atoms with Gasteiger partial charge >= 0.3 is 5.91 Å². The van der Waals surface area contributed by atoms with Gasteiger partial charge in [0.1, 0.15) is 11.5 Å². The summed E-state index contributed by atoms with van der Waals surface area (Å²) < 4.78 is 6.99. The van der Waals surface area contributed by atoms with Crippen LogP contribution in [0.15, 0.2) is 76.8 Å². The van der Waals surface area contributed by atoms with E-state index in [0.29, 0.717) is 22.0 Å². The molecular weight excluding hydrogens is 528 g/mol. The number of aryl methyl sites for hydroxylation is 1. The Morgan fingerprint density at radius 2 is 1.80 bits per heavy atom. The molecule has 4 aromatic rings. The second-order valence-electron chi connectivity index (χ2n) is 8.10. The molecule has 0 unspecified atom stereocenters. The number of nitrogens with zero attached hydrogens (tertiary/aromatic N) is 2. The van der Waals surface area contributed by atoms with E-state index in [1.54, 1.807) is 31.4 Å². The van der Waals surface area contributed by atoms with E-state index < -0.39 is 17.7 Å². The Kier molecular flexibility index (Phi) is 6.17. The van der Waals surface area contributed by atoms with Crippen molar-refractivity contribution >= 4 is 60.1 Å². The number of halogens is 1. The van der Waals surface area contributed by atoms with Crippen molar-refractivity contribution in [3.05, 3.63) is 93.5 Å². The fraction of sp³-hybridized carbons (Fsp3) is 0.148. The van der Waals surface area contributed by atoms with Gasteiger partial charge in [-0.05, 0) is 66.1 Å². The summed E-state index contributed by atoms with van der Waals surface area (Å²) >= 11 is 4.80. The molecule has 0 aliphatic carbocycles. The number of fused-ring (bicyclic) bond motifs is 1. The second kappa shape index (κ2) is 9.28. The van der Waals surface area contributed by atoms with E-state index in [4.69, 9.17) is 4.74 Å². The van der Waals surface area contributed by atoms with Gasteiger partial charge in [-0.15, -0.1) is 0 Å². The van der Waals surface area contributed by atoms with Gasteiger partial charge in [-0.2, -0.15) is 0 Å². The van der Waals surface area contributed by atoms with Gasteiger partial charge in [0.15, 0.2) is 5.13 Å². The first-order chi connectivity index (χ1) is 16.9. The minimum absolute atomic E-state index is 0.0241. The first-order valence-corrected chi connectivity index (χ1v) is 12.6. The van der Waals surface area contributed by atoms with Crippen LogP contribution < -0.4 is 9.64 Å². The Morgan fingerprint density at radius 3 is 2.46 bits per heavy atom. The van der Waals surface area contributed by atoms with Crippen LogP contribution in [0.2, 0.25) is 0 Å². The van der Waals surface area contributed by atoms with Crippen LogP contribution in [0, 0.1) is 0 Å². The first kappa shape index (κ1) is 23.3. The molecule has 1 amide bonds. The Hall–Kier alpha value is -3.49. The lowest BCUT2D eigenvalue weighted by Gasteiger charge is -2.23. The lowest BCUT2D eigenvalue weighted by atomic mass is 9.95. The van der Waals surface area contributed by atoms with Gasteiger partial charge in [-0.25, -0.2) is 4.98 Å². The molecule has 1 atom stereocenters. The van der Waals surface area contributed by atoms with Gasteiger partial charge in [0.25, 0.3) is 5.78 Å². The molecule has 8 heteroatoms. The van der Waals surface area contributed by atoms with Crippen molar-refractivity contribution < 1.29 is 19.4 Å². The van der Waals surface area contributed by atoms with Gasteiger partial charge in [0, 0.05) is 10.0 Å². The predicted molar refractivity (Wildman–Crippen MR) is 141 cm³/mol. The number of carbonyl (C=O) groups excluding carboxylic acids is 2. The van der Waals surface area contributed by atoms with E-state index >= 15 is 0 Å². The van der Waals surface area contributed by atoms with Crippen molar-refractivity contribution in [3.8, 4) is 5.75 Å². The van der Waals surface area contributed by atoms with Crippen LogP contribution in [0.3, 0.4) is 0 Å². The number of amides is 1. The van der Waals surface area contributed by atoms with E-state index in [9.17, 15) is 14.7 Å². The van der Waals surface area contributed by atoms with Gasteiger partial charge in [0.2, 0.25) is 0 Å². The third-order valence-corrected chi connectivity index (χ3v) is 7.60. The van der Waals surface area contributed by atoms with E-state index in [1.807, 2.05) is 36.4 Å². The molecule has 1 aliphatic rings. The minimum Gasteiger partial charge on any atom is -0.507 e. The minimum atomic E-state index is -0.823. The molecule has 1 aliphatic heterocycles. The quantitative estimate of drug-likeness (QED) is 0.181. The summed E-state index contributed by atoms with van der Waals surface area (Å²) in [6, 6.07) is 19.2. The number of aliphatic hydroxyl groups is 1. The van der Waals surface area contributed by atoms with Gasteiger partial charge < -0.3 is 9.84 Å². The highest BCUT2D eigenvalue weighted by Gasteiger charge is 2.48. The molecule has 0 radical (unpaired) electrons. The highest BCUT2D eigenvalue weighted by molar-refractivity contribution is 9.10. The number of Topliss-reactive ketones (excluding diaryl/α,β-unsaturated/α-hetero) is 1. The number of hydrogen-bond acceptors (Lipinski definition) is 6. The molecule has 2 heterocycles. The van der Waals surface area contributed by atoms with E-state index in [2.05, 4.69) is 33.9 Å². The SMILES string of the molecule is CCc1ccc2nc(N3C(=O)C(=O)C(=C(O)c4ccc(OC)cc4)[C@H]3c3ccc(Br)cc3)sc2c1. The number of hydrogen-bond donors (Lipinski definition) is 1. The fourth-order valence-corrected chi connectivity index (χ4v) is 5.49. The van der Waals surface area contributed by atoms with Crippen LogP contribution in [0.1, 0.15) is 29.7 Å². The number of anilines is 1. The first-order valence-electron chi connectivity index (χ1n) is 11.0. The van der Waals surface area contributed by atoms with Gasteiger partial charge in [-0.1, -0.05) is 52.4 Å². The smallest absolute Gasteiger partial charge is 0.301 e. The van der Waals surface area contributed by atoms with Crippen molar-refractivity contribution in [3.63, 3.8) is 0 Å². The lowest BCUT2D eigenvalue weighted by molar-refractivity contribution is -0.132. The topological polar surface area (TPSA) is 79.7 Å². The molecule has 1 aromatic heterocycles. The fourth-order valence-electron chi connectivity index (χ4n) is 4.17. The zero-order valence-corrected chi connectivity index (χ0v) is 21.4. The molecular formula is C27H21BrN2O4S. The van der Waals surface area contributed by atoms with Crippen LogP contribution in [0.5, 0.6) is 5.75 Å². The average Bonchev–Trinajstić information content (AvgIpc) is 3.41. The largest absolute Gasteiger partial charge is 0.507 e. The standard InChI is InChI=1S/C27H21BrN2O4S/c1-3-15-4-13-20-21(14-15)35-27(29-20)30-23(16-5-9-18(28)10-6-16)22(25(32)26(30)33)24(31)17-7-11-19(34-2)12-8-17/h4-14,23,31H,3H2,1-2H3/t23-/m1/s1. The number of aromatic nitrogens is 1. The molecule has 176 valence electrons. The van der Waals surface area contributed by atoms with E-state index in [-0.39, 0.29) is 11.3 Å². The Labute approximate surface area is 214 Å². The summed E-state index contributed by atoms with van der Waals surface area (Å²) in [4.78, 5) is 32.8. The summed E-state index contributed by atoms with van der Waals surface area (Å²) in [5.41, 5.74) is 3.06. The van der Waals surface area contributed by atoms with E-state index in [0.717, 1.165) is 21.1 Å². The maximum atomic E-state index is 13.4. The average molecular weight is 549 g/mol. The molecule has 5 rings (SSSR count). The molecule has 35 heavy (non-hydrogen) atoms. The van der Waals surface area contributed by atoms with Crippen molar-refractivity contribution in [1.29, 1.82) is 0 Å². The molecule has 3 aromatic carbocycles. The van der Waals surface area contributed by atoms with E-state index in [1.165, 1.54) is 21.8 Å². The monoisotopic (exact) mass is 548 g/mol. The lowest BCUT2D eigenvalue weighted by Crippen LogP contribution is -2.29. The summed E-state index contributed by atoms with van der Waals surface area (Å²) in [6.45, 7) is 2.08. The number of methoxy groups -OCH3 is 1. The van der Waals surface area contributed by atoms with Crippen LogP contribution in [-0.4, -0.2) is 28.9 Å². The molecule has 0 bridgehead atoms. The van der Waals surface area contributed by atoms with Gasteiger partial charge in [0.05, 0.1) is 28.9 Å². The van der Waals surface area contributed by atoms with Crippen LogP contribution in [0.4, 0.5) is 5.13 Å². The zero-order chi connectivity index (χ0) is 24.7. The Morgan fingerprint density at radius 1 is 1.09 bits per heavy atom.